The molecule has 0 saturated carbocycles. The lowest BCUT2D eigenvalue weighted by Gasteiger charge is -2.07. The van der Waals surface area contributed by atoms with Crippen molar-refractivity contribution < 1.29 is 19.1 Å². The van der Waals surface area contributed by atoms with Crippen molar-refractivity contribution in [3.05, 3.63) is 0 Å². The van der Waals surface area contributed by atoms with Crippen LogP contribution in [0.25, 0.3) is 0 Å². The number of amides is 2. The topological polar surface area (TPSA) is 76.7 Å². The minimum absolute atomic E-state index is 0.0970. The Labute approximate surface area is 149 Å². The van der Waals surface area contributed by atoms with E-state index in [-0.39, 0.29) is 23.2 Å². The van der Waals surface area contributed by atoms with Gasteiger partial charge in [0.05, 0.1) is 26.4 Å². The van der Waals surface area contributed by atoms with E-state index in [4.69, 9.17) is 29.5 Å². The van der Waals surface area contributed by atoms with Crippen LogP contribution in [0, 0.1) is 0 Å². The van der Waals surface area contributed by atoms with Gasteiger partial charge < -0.3 is 20.1 Å². The molecule has 0 fully saturated rings. The predicted molar refractivity (Wildman–Crippen MR) is 98.1 cm³/mol. The lowest BCUT2D eigenvalue weighted by molar-refractivity contribution is -0.122. The third-order valence-electron chi connectivity index (χ3n) is 2.49. The van der Waals surface area contributed by atoms with Gasteiger partial charge in [-0.25, -0.2) is 0 Å². The van der Waals surface area contributed by atoms with E-state index in [1.54, 1.807) is 6.92 Å². The molecule has 0 heterocycles. The Morgan fingerprint density at radius 1 is 0.957 bits per heavy atom. The summed E-state index contributed by atoms with van der Waals surface area (Å²) in [5.74, 6) is -0.211. The molecule has 0 unspecified atom stereocenters. The van der Waals surface area contributed by atoms with Crippen LogP contribution in [0.1, 0.15) is 26.2 Å². The molecule has 23 heavy (non-hydrogen) atoms. The predicted octanol–water partition coefficient (Wildman–Crippen LogP) is 0.308. The Hall–Kier alpha value is -0.895. The minimum Gasteiger partial charge on any atom is -0.375 e. The van der Waals surface area contributed by atoms with Crippen LogP contribution in [0.5, 0.6) is 0 Å². The van der Waals surface area contributed by atoms with Crippen LogP contribution in [-0.4, -0.2) is 68.8 Å². The fourth-order valence-electron chi connectivity index (χ4n) is 1.50. The number of thiocarbonyl (C=S) groups is 2. The highest BCUT2D eigenvalue weighted by Gasteiger charge is 2.04. The quantitative estimate of drug-likeness (QED) is 0.264. The van der Waals surface area contributed by atoms with Crippen molar-refractivity contribution in [3.63, 3.8) is 0 Å². The normalized spacial score (nSPS) is 10.1. The molecule has 0 aliphatic rings. The van der Waals surface area contributed by atoms with Crippen molar-refractivity contribution in [1.82, 2.24) is 10.6 Å². The van der Waals surface area contributed by atoms with Crippen LogP contribution in [0.4, 0.5) is 0 Å². The number of hydrogen-bond donors (Lipinski definition) is 2. The highest BCUT2D eigenvalue weighted by Crippen LogP contribution is 1.95. The molecule has 0 saturated heterocycles. The molecule has 9 heteroatoms. The third kappa shape index (κ3) is 17.3. The summed E-state index contributed by atoms with van der Waals surface area (Å²) in [6.07, 6.45) is 1.09. The maximum Gasteiger partial charge on any atom is 0.220 e. The summed E-state index contributed by atoms with van der Waals surface area (Å²) in [5, 5.41) is 5.41. The number of rotatable bonds is 14. The molecule has 0 aliphatic heterocycles. The van der Waals surface area contributed by atoms with E-state index in [0.29, 0.717) is 52.2 Å². The van der Waals surface area contributed by atoms with Gasteiger partial charge in [0.15, 0.2) is 0 Å². The van der Waals surface area contributed by atoms with E-state index in [9.17, 15) is 9.59 Å². The van der Waals surface area contributed by atoms with Crippen LogP contribution in [0.2, 0.25) is 0 Å². The first-order valence-electron chi connectivity index (χ1n) is 7.38. The van der Waals surface area contributed by atoms with Gasteiger partial charge in [0.2, 0.25) is 11.8 Å². The van der Waals surface area contributed by atoms with E-state index >= 15 is 0 Å². The van der Waals surface area contributed by atoms with Gasteiger partial charge in [-0.2, -0.15) is 0 Å². The minimum atomic E-state index is -0.114. The van der Waals surface area contributed by atoms with Gasteiger partial charge in [-0.3, -0.25) is 9.59 Å². The first-order chi connectivity index (χ1) is 10.9. The molecular formula is C14H23BN2O4S2. The van der Waals surface area contributed by atoms with Gasteiger partial charge in [0.1, 0.15) is 7.85 Å². The van der Waals surface area contributed by atoms with Crippen molar-refractivity contribution in [1.29, 1.82) is 0 Å². The molecule has 0 aliphatic carbocycles. The van der Waals surface area contributed by atoms with E-state index in [0.717, 1.165) is 4.86 Å². The summed E-state index contributed by atoms with van der Waals surface area (Å²) in [7, 11) is 5.26. The number of carbonyl (C=O) groups excluding carboxylic acids is 2. The van der Waals surface area contributed by atoms with E-state index in [1.807, 2.05) is 0 Å². The molecule has 2 N–H and O–H groups in total. The maximum atomic E-state index is 11.5. The average molecular weight is 358 g/mol. The summed E-state index contributed by atoms with van der Waals surface area (Å²) < 4.78 is 10.6. The molecule has 0 aromatic carbocycles. The molecule has 0 bridgehead atoms. The molecule has 2 radical (unpaired) electrons. The second-order valence-corrected chi connectivity index (χ2v) is 6.05. The Bertz CT molecular complexity index is 372. The van der Waals surface area contributed by atoms with Gasteiger partial charge in [0.25, 0.3) is 0 Å². The highest BCUT2D eigenvalue weighted by atomic mass is 32.1. The highest BCUT2D eigenvalue weighted by molar-refractivity contribution is 7.83. The van der Waals surface area contributed by atoms with Crippen LogP contribution in [0.3, 0.4) is 0 Å². The van der Waals surface area contributed by atoms with Gasteiger partial charge >= 0.3 is 0 Å². The number of ether oxygens (including phenoxy) is 2. The van der Waals surface area contributed by atoms with E-state index in [2.05, 4.69) is 22.9 Å². The van der Waals surface area contributed by atoms with Crippen molar-refractivity contribution in [2.24, 2.45) is 0 Å². The second-order valence-electron chi connectivity index (χ2n) is 4.83. The average Bonchev–Trinajstić information content (AvgIpc) is 2.45. The van der Waals surface area contributed by atoms with Gasteiger partial charge in [-0.15, -0.1) is 0 Å². The molecule has 128 valence electrons. The van der Waals surface area contributed by atoms with Crippen molar-refractivity contribution >= 4 is 53.7 Å². The zero-order valence-corrected chi connectivity index (χ0v) is 15.0. The Kier molecular flexibility index (Phi) is 14.1. The molecule has 0 rings (SSSR count). The molecule has 0 spiro atoms. The Morgan fingerprint density at radius 2 is 1.43 bits per heavy atom. The summed E-state index contributed by atoms with van der Waals surface area (Å²) >= 11 is 9.51. The number of carbonyl (C=O) groups is 2. The lowest BCUT2D eigenvalue weighted by atomic mass is 10.1. The van der Waals surface area contributed by atoms with Crippen LogP contribution in [0.15, 0.2) is 0 Å². The molecule has 0 aromatic rings. The fourth-order valence-corrected chi connectivity index (χ4v) is 1.67. The first-order valence-corrected chi connectivity index (χ1v) is 8.20. The molecular weight excluding hydrogens is 335 g/mol. The van der Waals surface area contributed by atoms with Gasteiger partial charge in [-0.1, -0.05) is 24.4 Å². The van der Waals surface area contributed by atoms with Gasteiger partial charge in [-0.05, 0) is 18.1 Å². The monoisotopic (exact) mass is 358 g/mol. The third-order valence-corrected chi connectivity index (χ3v) is 2.73. The van der Waals surface area contributed by atoms with Crippen LogP contribution >= 0.6 is 24.4 Å². The molecule has 2 amide bonds. The maximum absolute atomic E-state index is 11.5. The molecule has 0 atom stereocenters. The van der Waals surface area contributed by atoms with Crippen LogP contribution < -0.4 is 10.6 Å². The van der Waals surface area contributed by atoms with Gasteiger partial charge in [0, 0.05) is 30.8 Å². The Morgan fingerprint density at radius 3 is 1.87 bits per heavy atom. The summed E-state index contributed by atoms with van der Waals surface area (Å²) in [6.45, 7) is 4.04. The smallest absolute Gasteiger partial charge is 0.220 e. The zero-order valence-electron chi connectivity index (χ0n) is 13.4. The zero-order chi connectivity index (χ0) is 17.5. The summed E-state index contributed by atoms with van der Waals surface area (Å²) in [5.41, 5.74) is 0. The van der Waals surface area contributed by atoms with Crippen molar-refractivity contribution in [2.75, 3.05) is 39.5 Å². The van der Waals surface area contributed by atoms with Crippen molar-refractivity contribution in [2.45, 2.75) is 26.2 Å². The summed E-state index contributed by atoms with van der Waals surface area (Å²) in [6, 6.07) is 0. The van der Waals surface area contributed by atoms with Crippen molar-refractivity contribution in [3.8, 4) is 0 Å². The number of hydrogen-bond acceptors (Lipinski definition) is 6. The van der Waals surface area contributed by atoms with Crippen LogP contribution in [-0.2, 0) is 19.1 Å². The van der Waals surface area contributed by atoms with E-state index in [1.165, 1.54) is 0 Å². The first kappa shape index (κ1) is 22.1. The largest absolute Gasteiger partial charge is 0.375 e. The lowest BCUT2D eigenvalue weighted by Crippen LogP contribution is -2.29. The molecule has 0 aromatic heterocycles. The second kappa shape index (κ2) is 14.7. The Balaban J connectivity index is 3.43. The number of nitrogens with one attached hydrogen (secondary N) is 2. The molecule has 6 nitrogen and oxygen atoms in total. The summed E-state index contributed by atoms with van der Waals surface area (Å²) in [4.78, 5) is 23.8. The SMILES string of the molecule is [B]C(=S)COCCNC(=O)CCCC(=O)NCCOCC(C)=S. The van der Waals surface area contributed by atoms with E-state index < -0.39 is 0 Å². The fraction of sp³-hybridized carbons (Fsp3) is 0.714. The standard InChI is InChI=1S/C14H23BN2O4S2/c1-11(22)9-20-7-5-16-13(18)3-2-4-14(19)17-6-8-21-10-12(15)23/h2-10H2,1H3,(H,16,18)(H,17,19).